The van der Waals surface area contributed by atoms with Crippen LogP contribution in [0.1, 0.15) is 16.7 Å². The first-order valence-electron chi connectivity index (χ1n) is 10.9. The fourth-order valence-corrected chi connectivity index (χ4v) is 9.60. The molecule has 0 aromatic heterocycles. The molecule has 38 heavy (non-hydrogen) atoms. The minimum absolute atomic E-state index is 0.195. The van der Waals surface area contributed by atoms with Gasteiger partial charge in [0, 0.05) is 46.7 Å². The van der Waals surface area contributed by atoms with Crippen molar-refractivity contribution < 1.29 is 15.3 Å². The molecule has 11 heteroatoms. The quantitative estimate of drug-likeness (QED) is 0.128. The molecule has 0 amide bonds. The first kappa shape index (κ1) is 31.1. The second-order valence-corrected chi connectivity index (χ2v) is 15.4. The lowest BCUT2D eigenvalue weighted by atomic mass is 10.1. The van der Waals surface area contributed by atoms with Crippen molar-refractivity contribution in [2.75, 3.05) is 4.90 Å². The van der Waals surface area contributed by atoms with E-state index in [4.69, 9.17) is 4.99 Å². The van der Waals surface area contributed by atoms with Crippen molar-refractivity contribution in [2.24, 2.45) is 4.99 Å². The monoisotopic (exact) mass is 1180 g/mol. The van der Waals surface area contributed by atoms with Crippen molar-refractivity contribution in [3.63, 3.8) is 0 Å². The molecule has 0 fully saturated rings. The summed E-state index contributed by atoms with van der Waals surface area (Å²) in [5.74, 6) is 0.689. The van der Waals surface area contributed by atoms with E-state index >= 15 is 0 Å². The normalized spacial score (nSPS) is 11.3. The maximum atomic E-state index is 10.9. The first-order chi connectivity index (χ1) is 18.0. The van der Waals surface area contributed by atoms with E-state index in [0.29, 0.717) is 24.3 Å². The number of aliphatic imine (C=N–C) groups is 1. The molecule has 196 valence electrons. The molecule has 4 aromatic rings. The molecule has 4 aromatic carbocycles. The second-order valence-electron chi connectivity index (χ2n) is 8.22. The number of phenols is 3. The van der Waals surface area contributed by atoms with E-state index in [1.54, 1.807) is 6.21 Å². The van der Waals surface area contributed by atoms with Gasteiger partial charge in [-0.15, -0.1) is 0 Å². The van der Waals surface area contributed by atoms with Crippen molar-refractivity contribution >= 4 is 153 Å². The standard InChI is InChI=1S/C27H18I6N2O3/c28-17-5-14(25(36)20(31)8-17)11-34-23-3-1-2-4-24(23)35(12-15-6-18(29)9-21(32)26(15)37)13-16-7-19(30)10-22(33)27(16)38/h1-11,36-38H,12-13H2. The van der Waals surface area contributed by atoms with Gasteiger partial charge < -0.3 is 20.2 Å². The van der Waals surface area contributed by atoms with Crippen LogP contribution in [0.3, 0.4) is 0 Å². The van der Waals surface area contributed by atoms with Crippen molar-refractivity contribution in [2.45, 2.75) is 13.1 Å². The molecule has 4 rings (SSSR count). The molecule has 0 bridgehead atoms. The molecule has 5 nitrogen and oxygen atoms in total. The molecule has 3 N–H and O–H groups in total. The molecule has 0 aliphatic carbocycles. The fraction of sp³-hybridized carbons (Fsp3) is 0.0741. The number of hydrogen-bond acceptors (Lipinski definition) is 5. The summed E-state index contributed by atoms with van der Waals surface area (Å²) in [6.07, 6.45) is 1.68. The number of para-hydroxylation sites is 2. The van der Waals surface area contributed by atoms with Gasteiger partial charge in [0.25, 0.3) is 0 Å². The Labute approximate surface area is 302 Å². The minimum atomic E-state index is 0.195. The van der Waals surface area contributed by atoms with Gasteiger partial charge in [0.2, 0.25) is 0 Å². The van der Waals surface area contributed by atoms with E-state index in [1.807, 2.05) is 60.7 Å². The minimum Gasteiger partial charge on any atom is -0.506 e. The Morgan fingerprint density at radius 3 is 1.66 bits per heavy atom. The zero-order valence-corrected chi connectivity index (χ0v) is 32.2. The van der Waals surface area contributed by atoms with Crippen molar-refractivity contribution in [3.05, 3.63) is 98.8 Å². The van der Waals surface area contributed by atoms with Crippen LogP contribution < -0.4 is 4.90 Å². The Morgan fingerprint density at radius 2 is 1.11 bits per heavy atom. The van der Waals surface area contributed by atoms with E-state index in [2.05, 4.69) is 140 Å². The third-order valence-electron chi connectivity index (χ3n) is 5.56. The summed E-state index contributed by atoms with van der Waals surface area (Å²) in [6.45, 7) is 0.804. The summed E-state index contributed by atoms with van der Waals surface area (Å²) in [4.78, 5) is 6.88. The molecule has 0 saturated heterocycles. The lowest BCUT2D eigenvalue weighted by Gasteiger charge is -2.27. The van der Waals surface area contributed by atoms with Crippen LogP contribution in [-0.2, 0) is 13.1 Å². The lowest BCUT2D eigenvalue weighted by Crippen LogP contribution is -2.23. The smallest absolute Gasteiger partial charge is 0.137 e. The number of anilines is 1. The van der Waals surface area contributed by atoms with Gasteiger partial charge in [-0.3, -0.25) is 4.99 Å². The molecule has 0 spiro atoms. The Hall–Kier alpha value is 0.130. The van der Waals surface area contributed by atoms with Crippen molar-refractivity contribution in [1.29, 1.82) is 0 Å². The second kappa shape index (κ2) is 13.9. The molecule has 0 saturated carbocycles. The van der Waals surface area contributed by atoms with Gasteiger partial charge in [-0.25, -0.2) is 0 Å². The fourth-order valence-electron chi connectivity index (χ4n) is 3.78. The number of benzene rings is 4. The van der Waals surface area contributed by atoms with Crippen LogP contribution in [0.15, 0.2) is 65.7 Å². The number of hydrogen-bond donors (Lipinski definition) is 3. The Morgan fingerprint density at radius 1 is 0.632 bits per heavy atom. The van der Waals surface area contributed by atoms with Gasteiger partial charge in [-0.2, -0.15) is 0 Å². The summed E-state index contributed by atoms with van der Waals surface area (Å²) < 4.78 is 5.40. The van der Waals surface area contributed by atoms with E-state index in [0.717, 1.165) is 38.2 Å². The van der Waals surface area contributed by atoms with Crippen LogP contribution in [0.2, 0.25) is 0 Å². The summed E-state index contributed by atoms with van der Waals surface area (Å²) >= 11 is 13.1. The van der Waals surface area contributed by atoms with Gasteiger partial charge in [-0.05, 0) is 184 Å². The number of nitrogens with zero attached hydrogens (tertiary/aromatic N) is 2. The Balaban J connectivity index is 1.81. The zero-order valence-electron chi connectivity index (χ0n) is 19.3. The van der Waals surface area contributed by atoms with Gasteiger partial charge in [0.15, 0.2) is 0 Å². The van der Waals surface area contributed by atoms with E-state index in [9.17, 15) is 15.3 Å². The zero-order chi connectivity index (χ0) is 27.6. The maximum Gasteiger partial charge on any atom is 0.137 e. The summed E-state index contributed by atoms with van der Waals surface area (Å²) in [5.41, 5.74) is 3.75. The van der Waals surface area contributed by atoms with Gasteiger partial charge in [0.05, 0.1) is 22.1 Å². The highest BCUT2D eigenvalue weighted by molar-refractivity contribution is 14.1. The van der Waals surface area contributed by atoms with Crippen LogP contribution in [0.4, 0.5) is 11.4 Å². The third-order valence-corrected chi connectivity index (χ3v) is 9.89. The summed E-state index contributed by atoms with van der Waals surface area (Å²) in [7, 11) is 0. The molecule has 0 atom stereocenters. The highest BCUT2D eigenvalue weighted by atomic mass is 127. The van der Waals surface area contributed by atoms with Crippen molar-refractivity contribution in [1.82, 2.24) is 0 Å². The summed E-state index contributed by atoms with van der Waals surface area (Å²) in [6, 6.07) is 19.4. The van der Waals surface area contributed by atoms with Gasteiger partial charge in [-0.1, -0.05) is 12.1 Å². The van der Waals surface area contributed by atoms with E-state index in [-0.39, 0.29) is 17.2 Å². The molecule has 0 aliphatic rings. The average Bonchev–Trinajstić information content (AvgIpc) is 2.86. The van der Waals surface area contributed by atoms with Gasteiger partial charge >= 0.3 is 0 Å². The number of phenolic OH excluding ortho intramolecular Hbond substituents is 3. The Kier molecular flexibility index (Phi) is 11.3. The molecule has 0 heterocycles. The number of aromatic hydroxyl groups is 3. The topological polar surface area (TPSA) is 76.3 Å². The van der Waals surface area contributed by atoms with Crippen molar-refractivity contribution in [3.8, 4) is 17.2 Å². The van der Waals surface area contributed by atoms with E-state index in [1.165, 1.54) is 0 Å². The molecule has 0 unspecified atom stereocenters. The largest absolute Gasteiger partial charge is 0.506 e. The van der Waals surface area contributed by atoms with E-state index < -0.39 is 0 Å². The molecule has 0 aliphatic heterocycles. The predicted octanol–water partition coefficient (Wildman–Crippen LogP) is 9.39. The first-order valence-corrected chi connectivity index (χ1v) is 17.4. The molecular formula is C27H18I6N2O3. The summed E-state index contributed by atoms with van der Waals surface area (Å²) in [5, 5.41) is 32.3. The van der Waals surface area contributed by atoms with Crippen LogP contribution in [-0.4, -0.2) is 21.5 Å². The number of rotatable bonds is 7. The third kappa shape index (κ3) is 7.69. The van der Waals surface area contributed by atoms with Crippen LogP contribution in [0.25, 0.3) is 0 Å². The highest BCUT2D eigenvalue weighted by Crippen LogP contribution is 2.37. The highest BCUT2D eigenvalue weighted by Gasteiger charge is 2.19. The van der Waals surface area contributed by atoms with Crippen LogP contribution in [0.5, 0.6) is 17.2 Å². The SMILES string of the molecule is Oc1c(I)cc(I)cc1C=Nc1ccccc1N(Cc1cc(I)cc(I)c1O)Cc1cc(I)cc(I)c1O. The lowest BCUT2D eigenvalue weighted by molar-refractivity contribution is 0.459. The van der Waals surface area contributed by atoms with Crippen LogP contribution >= 0.6 is 136 Å². The van der Waals surface area contributed by atoms with Gasteiger partial charge in [0.1, 0.15) is 17.2 Å². The average molecular weight is 1180 g/mol. The maximum absolute atomic E-state index is 10.9. The number of halogens is 6. The van der Waals surface area contributed by atoms with Crippen LogP contribution in [0, 0.1) is 21.4 Å². The molecular weight excluding hydrogens is 1160 g/mol. The molecule has 0 radical (unpaired) electrons. The predicted molar refractivity (Wildman–Crippen MR) is 204 cm³/mol. The Bertz CT molecular complexity index is 1480.